The lowest BCUT2D eigenvalue weighted by molar-refractivity contribution is -0.122. The molecule has 0 aromatic heterocycles. The zero-order valence-electron chi connectivity index (χ0n) is 15.1. The molecule has 0 aliphatic carbocycles. The number of Topliss-reactive ketones (excluding diaryl/α,β-unsaturated/α-hetero) is 1. The molecular weight excluding hydrogens is 446 g/mol. The maximum Gasteiger partial charge on any atom is 0.293 e. The molecule has 0 bridgehead atoms. The van der Waals surface area contributed by atoms with Crippen molar-refractivity contribution in [3.05, 3.63) is 63.0 Å². The van der Waals surface area contributed by atoms with Crippen molar-refractivity contribution in [3.8, 4) is 11.5 Å². The standard InChI is InChI=1S/C20H16BrNO5S/c1-26-16-9-12(8-14(21)18(16)27-2)10-17-19(24)22(20(25)28-17)11-15(23)13-6-4-3-5-7-13/h3-10H,11H2,1-2H3/b17-10+. The molecule has 0 radical (unpaired) electrons. The van der Waals surface area contributed by atoms with Crippen molar-refractivity contribution in [1.82, 2.24) is 4.90 Å². The van der Waals surface area contributed by atoms with Gasteiger partial charge < -0.3 is 9.47 Å². The van der Waals surface area contributed by atoms with Crippen LogP contribution in [0.5, 0.6) is 11.5 Å². The first kappa shape index (κ1) is 20.2. The van der Waals surface area contributed by atoms with E-state index in [-0.39, 0.29) is 17.2 Å². The van der Waals surface area contributed by atoms with Crippen molar-refractivity contribution in [2.24, 2.45) is 0 Å². The summed E-state index contributed by atoms with van der Waals surface area (Å²) < 4.78 is 11.2. The summed E-state index contributed by atoms with van der Waals surface area (Å²) in [6.45, 7) is -0.290. The molecule has 28 heavy (non-hydrogen) atoms. The van der Waals surface area contributed by atoms with Crippen LogP contribution in [0, 0.1) is 0 Å². The van der Waals surface area contributed by atoms with Gasteiger partial charge in [-0.1, -0.05) is 30.3 Å². The average Bonchev–Trinajstić information content (AvgIpc) is 2.95. The SMILES string of the molecule is COc1cc(/C=C2/SC(=O)N(CC(=O)c3ccccc3)C2=O)cc(Br)c1OC. The van der Waals surface area contributed by atoms with Gasteiger partial charge >= 0.3 is 0 Å². The lowest BCUT2D eigenvalue weighted by Gasteiger charge is -2.11. The zero-order valence-corrected chi connectivity index (χ0v) is 17.5. The normalized spacial score (nSPS) is 15.2. The highest BCUT2D eigenvalue weighted by Gasteiger charge is 2.36. The van der Waals surface area contributed by atoms with Crippen LogP contribution in [0.15, 0.2) is 51.8 Å². The number of rotatable bonds is 6. The molecular formula is C20H16BrNO5S. The second-order valence-electron chi connectivity index (χ2n) is 5.80. The summed E-state index contributed by atoms with van der Waals surface area (Å²) >= 11 is 4.20. The van der Waals surface area contributed by atoms with E-state index in [1.165, 1.54) is 14.2 Å². The summed E-state index contributed by atoms with van der Waals surface area (Å²) in [4.78, 5) is 38.5. The topological polar surface area (TPSA) is 72.9 Å². The first-order chi connectivity index (χ1) is 13.4. The molecule has 2 aromatic rings. The highest BCUT2D eigenvalue weighted by atomic mass is 79.9. The molecule has 0 unspecified atom stereocenters. The van der Waals surface area contributed by atoms with E-state index in [0.717, 1.165) is 16.7 Å². The van der Waals surface area contributed by atoms with Gasteiger partial charge in [-0.15, -0.1) is 0 Å². The fourth-order valence-corrected chi connectivity index (χ4v) is 4.13. The van der Waals surface area contributed by atoms with Crippen LogP contribution in [0.3, 0.4) is 0 Å². The van der Waals surface area contributed by atoms with Crippen LogP contribution in [-0.2, 0) is 4.79 Å². The van der Waals surface area contributed by atoms with Crippen LogP contribution in [0.1, 0.15) is 15.9 Å². The molecule has 8 heteroatoms. The largest absolute Gasteiger partial charge is 0.493 e. The second kappa shape index (κ2) is 8.62. The Balaban J connectivity index is 1.83. The number of ether oxygens (including phenoxy) is 2. The number of nitrogens with zero attached hydrogens (tertiary/aromatic N) is 1. The van der Waals surface area contributed by atoms with Gasteiger partial charge in [-0.2, -0.15) is 0 Å². The third-order valence-electron chi connectivity index (χ3n) is 4.02. The van der Waals surface area contributed by atoms with Crippen molar-refractivity contribution in [2.45, 2.75) is 0 Å². The molecule has 2 amide bonds. The maximum atomic E-state index is 12.6. The number of benzene rings is 2. The third-order valence-corrected chi connectivity index (χ3v) is 5.52. The van der Waals surface area contributed by atoms with Crippen molar-refractivity contribution in [3.63, 3.8) is 0 Å². The highest BCUT2D eigenvalue weighted by molar-refractivity contribution is 9.10. The minimum atomic E-state index is -0.495. The quantitative estimate of drug-likeness (QED) is 0.469. The summed E-state index contributed by atoms with van der Waals surface area (Å²) in [5, 5.41) is -0.472. The number of imide groups is 1. The molecule has 1 aliphatic heterocycles. The molecule has 6 nitrogen and oxygen atoms in total. The van der Waals surface area contributed by atoms with Crippen LogP contribution < -0.4 is 9.47 Å². The number of halogens is 1. The summed E-state index contributed by atoms with van der Waals surface area (Å²) in [5.74, 6) is 0.228. The number of thioether (sulfide) groups is 1. The first-order valence-corrected chi connectivity index (χ1v) is 9.80. The molecule has 1 fully saturated rings. The van der Waals surface area contributed by atoms with E-state index >= 15 is 0 Å². The van der Waals surface area contributed by atoms with Crippen LogP contribution >= 0.6 is 27.7 Å². The maximum absolute atomic E-state index is 12.6. The molecule has 1 heterocycles. The van der Waals surface area contributed by atoms with Crippen molar-refractivity contribution >= 4 is 50.7 Å². The number of amides is 2. The Hall–Kier alpha value is -2.58. The van der Waals surface area contributed by atoms with Gasteiger partial charge in [-0.05, 0) is 51.5 Å². The van der Waals surface area contributed by atoms with E-state index in [1.807, 2.05) is 0 Å². The smallest absolute Gasteiger partial charge is 0.293 e. The number of carbonyl (C=O) groups is 3. The Morgan fingerprint density at radius 3 is 2.50 bits per heavy atom. The van der Waals surface area contributed by atoms with Crippen LogP contribution in [0.25, 0.3) is 6.08 Å². The van der Waals surface area contributed by atoms with E-state index < -0.39 is 11.1 Å². The Kier molecular flexibility index (Phi) is 6.21. The number of carbonyl (C=O) groups excluding carboxylic acids is 3. The van der Waals surface area contributed by atoms with Crippen molar-refractivity contribution in [2.75, 3.05) is 20.8 Å². The predicted octanol–water partition coefficient (Wildman–Crippen LogP) is 4.39. The Labute approximate surface area is 174 Å². The van der Waals surface area contributed by atoms with Gasteiger partial charge in [-0.25, -0.2) is 0 Å². The Morgan fingerprint density at radius 2 is 1.86 bits per heavy atom. The van der Waals surface area contributed by atoms with Gasteiger partial charge in [0.05, 0.1) is 30.1 Å². The number of ketones is 1. The van der Waals surface area contributed by atoms with E-state index in [1.54, 1.807) is 48.5 Å². The Bertz CT molecular complexity index is 974. The summed E-state index contributed by atoms with van der Waals surface area (Å²) in [7, 11) is 3.04. The molecule has 0 saturated carbocycles. The van der Waals surface area contributed by atoms with Gasteiger partial charge in [0.15, 0.2) is 17.3 Å². The lowest BCUT2D eigenvalue weighted by Crippen LogP contribution is -2.33. The van der Waals surface area contributed by atoms with E-state index in [4.69, 9.17) is 9.47 Å². The fourth-order valence-electron chi connectivity index (χ4n) is 2.67. The molecule has 3 rings (SSSR count). The highest BCUT2D eigenvalue weighted by Crippen LogP contribution is 2.38. The molecule has 0 atom stereocenters. The van der Waals surface area contributed by atoms with E-state index in [9.17, 15) is 14.4 Å². The van der Waals surface area contributed by atoms with Crippen LogP contribution in [0.2, 0.25) is 0 Å². The Morgan fingerprint density at radius 1 is 1.14 bits per heavy atom. The van der Waals surface area contributed by atoms with Crippen molar-refractivity contribution < 1.29 is 23.9 Å². The molecule has 1 saturated heterocycles. The average molecular weight is 462 g/mol. The number of hydrogen-bond acceptors (Lipinski definition) is 6. The van der Waals surface area contributed by atoms with E-state index in [0.29, 0.717) is 27.1 Å². The number of hydrogen-bond donors (Lipinski definition) is 0. The van der Waals surface area contributed by atoms with Gasteiger partial charge in [0, 0.05) is 5.56 Å². The zero-order chi connectivity index (χ0) is 20.3. The molecule has 2 aromatic carbocycles. The fraction of sp³-hybridized carbons (Fsp3) is 0.150. The van der Waals surface area contributed by atoms with Crippen LogP contribution in [-0.4, -0.2) is 42.6 Å². The van der Waals surface area contributed by atoms with Crippen molar-refractivity contribution in [1.29, 1.82) is 0 Å². The van der Waals surface area contributed by atoms with E-state index in [2.05, 4.69) is 15.9 Å². The minimum absolute atomic E-state index is 0.241. The third kappa shape index (κ3) is 4.13. The van der Waals surface area contributed by atoms with Gasteiger partial charge in [-0.3, -0.25) is 19.3 Å². The molecule has 0 N–H and O–H groups in total. The van der Waals surface area contributed by atoms with Gasteiger partial charge in [0.1, 0.15) is 0 Å². The first-order valence-electron chi connectivity index (χ1n) is 8.19. The minimum Gasteiger partial charge on any atom is -0.493 e. The summed E-state index contributed by atoms with van der Waals surface area (Å²) in [6, 6.07) is 12.0. The monoisotopic (exact) mass is 461 g/mol. The molecule has 1 aliphatic rings. The van der Waals surface area contributed by atoms with Gasteiger partial charge in [0.2, 0.25) is 0 Å². The summed E-state index contributed by atoms with van der Waals surface area (Å²) in [6.07, 6.45) is 1.59. The van der Waals surface area contributed by atoms with Gasteiger partial charge in [0.25, 0.3) is 11.1 Å². The van der Waals surface area contributed by atoms with Crippen LogP contribution in [0.4, 0.5) is 4.79 Å². The predicted molar refractivity (Wildman–Crippen MR) is 111 cm³/mol. The molecule has 144 valence electrons. The number of methoxy groups -OCH3 is 2. The second-order valence-corrected chi connectivity index (χ2v) is 7.64. The molecule has 0 spiro atoms. The summed E-state index contributed by atoms with van der Waals surface area (Å²) in [5.41, 5.74) is 1.11. The lowest BCUT2D eigenvalue weighted by atomic mass is 10.1.